The zero-order chi connectivity index (χ0) is 12.8. The van der Waals surface area contributed by atoms with E-state index in [1.54, 1.807) is 13.1 Å². The van der Waals surface area contributed by atoms with Crippen molar-refractivity contribution in [2.45, 2.75) is 27.7 Å². The Morgan fingerprint density at radius 1 is 1.41 bits per heavy atom. The largest absolute Gasteiger partial charge is 0.462 e. The molecule has 2 aromatic heterocycles. The maximum atomic E-state index is 11.5. The molecule has 0 fully saturated rings. The maximum absolute atomic E-state index is 11.5. The molecule has 2 rings (SSSR count). The second-order valence-electron chi connectivity index (χ2n) is 3.24. The number of ether oxygens (including phenoxy) is 1. The number of hydrogen-bond acceptors (Lipinski definition) is 4. The lowest BCUT2D eigenvalue weighted by atomic mass is 10.2. The lowest BCUT2D eigenvalue weighted by Gasteiger charge is -1.95. The van der Waals surface area contributed by atoms with Crippen LogP contribution in [0.4, 0.5) is 0 Å². The molecular formula is C13H17NO2S. The van der Waals surface area contributed by atoms with Gasteiger partial charge >= 0.3 is 5.97 Å². The first-order chi connectivity index (χ1) is 8.20. The average molecular weight is 251 g/mol. The van der Waals surface area contributed by atoms with Crippen molar-refractivity contribution in [3.63, 3.8) is 0 Å². The van der Waals surface area contributed by atoms with E-state index >= 15 is 0 Å². The molecule has 0 bridgehead atoms. The van der Waals surface area contributed by atoms with E-state index in [1.807, 2.05) is 32.9 Å². The maximum Gasteiger partial charge on any atom is 0.348 e. The van der Waals surface area contributed by atoms with Crippen LogP contribution in [-0.2, 0) is 4.74 Å². The molecule has 92 valence electrons. The standard InChI is InChI=1S/C11H11NO2S.C2H6/c1-3-14-11(13)9-5-8-4-7(2)6-12-10(8)15-9;1-2/h4-6H,3H2,1-2H3;1-2H3. The van der Waals surface area contributed by atoms with Gasteiger partial charge in [0.25, 0.3) is 0 Å². The fraction of sp³-hybridized carbons (Fsp3) is 0.385. The monoisotopic (exact) mass is 251 g/mol. The molecule has 3 nitrogen and oxygen atoms in total. The highest BCUT2D eigenvalue weighted by molar-refractivity contribution is 7.20. The summed E-state index contributed by atoms with van der Waals surface area (Å²) in [5.41, 5.74) is 1.09. The van der Waals surface area contributed by atoms with Crippen LogP contribution in [0.15, 0.2) is 18.3 Å². The van der Waals surface area contributed by atoms with E-state index in [9.17, 15) is 4.79 Å². The molecule has 0 saturated carbocycles. The molecule has 0 amide bonds. The average Bonchev–Trinajstić information content (AvgIpc) is 2.75. The highest BCUT2D eigenvalue weighted by Crippen LogP contribution is 2.24. The van der Waals surface area contributed by atoms with Gasteiger partial charge in [0, 0.05) is 11.6 Å². The molecule has 0 radical (unpaired) electrons. The Hall–Kier alpha value is -1.42. The van der Waals surface area contributed by atoms with Gasteiger partial charge in [-0.15, -0.1) is 11.3 Å². The minimum atomic E-state index is -0.266. The van der Waals surface area contributed by atoms with Crippen LogP contribution in [0.3, 0.4) is 0 Å². The molecule has 2 aromatic rings. The van der Waals surface area contributed by atoms with Crippen LogP contribution in [0.25, 0.3) is 10.2 Å². The first-order valence-corrected chi connectivity index (χ1v) is 6.55. The molecule has 0 N–H and O–H groups in total. The van der Waals surface area contributed by atoms with Crippen molar-refractivity contribution < 1.29 is 9.53 Å². The number of fused-ring (bicyclic) bond motifs is 1. The van der Waals surface area contributed by atoms with Gasteiger partial charge in [0.2, 0.25) is 0 Å². The summed E-state index contributed by atoms with van der Waals surface area (Å²) in [6.45, 7) is 8.18. The number of rotatable bonds is 2. The molecule has 4 heteroatoms. The Balaban J connectivity index is 0.000000686. The smallest absolute Gasteiger partial charge is 0.348 e. The van der Waals surface area contributed by atoms with E-state index in [0.717, 1.165) is 15.8 Å². The third-order valence-corrected chi connectivity index (χ3v) is 3.02. The second-order valence-corrected chi connectivity index (χ2v) is 4.27. The van der Waals surface area contributed by atoms with Crippen molar-refractivity contribution in [2.24, 2.45) is 0 Å². The number of hydrogen-bond donors (Lipinski definition) is 0. The number of esters is 1. The number of pyridine rings is 1. The lowest BCUT2D eigenvalue weighted by molar-refractivity contribution is 0.0532. The van der Waals surface area contributed by atoms with Crippen molar-refractivity contribution in [1.29, 1.82) is 0 Å². The summed E-state index contributed by atoms with van der Waals surface area (Å²) in [4.78, 5) is 17.2. The summed E-state index contributed by atoms with van der Waals surface area (Å²) >= 11 is 1.37. The minimum absolute atomic E-state index is 0.266. The summed E-state index contributed by atoms with van der Waals surface area (Å²) in [6, 6.07) is 3.85. The summed E-state index contributed by atoms with van der Waals surface area (Å²) in [7, 11) is 0. The molecule has 0 aliphatic heterocycles. The van der Waals surface area contributed by atoms with E-state index in [1.165, 1.54) is 11.3 Å². The van der Waals surface area contributed by atoms with Crippen molar-refractivity contribution in [3.8, 4) is 0 Å². The third kappa shape index (κ3) is 3.27. The summed E-state index contributed by atoms with van der Waals surface area (Å²) < 4.78 is 4.93. The quantitative estimate of drug-likeness (QED) is 0.762. The fourth-order valence-electron chi connectivity index (χ4n) is 1.35. The van der Waals surface area contributed by atoms with Gasteiger partial charge in [0.05, 0.1) is 6.61 Å². The van der Waals surface area contributed by atoms with E-state index in [4.69, 9.17) is 4.74 Å². The number of nitrogens with zero attached hydrogens (tertiary/aromatic N) is 1. The summed E-state index contributed by atoms with van der Waals surface area (Å²) in [5, 5.41) is 1.00. The Morgan fingerprint density at radius 2 is 2.12 bits per heavy atom. The number of carbonyl (C=O) groups excluding carboxylic acids is 1. The SMILES string of the molecule is CC.CCOC(=O)c1cc2cc(C)cnc2s1. The van der Waals surface area contributed by atoms with Crippen molar-refractivity contribution in [1.82, 2.24) is 4.98 Å². The van der Waals surface area contributed by atoms with Gasteiger partial charge < -0.3 is 4.74 Å². The minimum Gasteiger partial charge on any atom is -0.462 e. The zero-order valence-corrected chi connectivity index (χ0v) is 11.4. The molecule has 0 unspecified atom stereocenters. The topological polar surface area (TPSA) is 39.2 Å². The summed E-state index contributed by atoms with van der Waals surface area (Å²) in [5.74, 6) is -0.266. The van der Waals surface area contributed by atoms with Gasteiger partial charge in [-0.05, 0) is 31.5 Å². The number of carbonyl (C=O) groups is 1. The van der Waals surface area contributed by atoms with Crippen LogP contribution in [0.2, 0.25) is 0 Å². The molecule has 0 saturated heterocycles. The van der Waals surface area contributed by atoms with Crippen LogP contribution in [0, 0.1) is 6.92 Å². The number of thiophene rings is 1. The highest BCUT2D eigenvalue weighted by Gasteiger charge is 2.11. The van der Waals surface area contributed by atoms with Gasteiger partial charge in [-0.2, -0.15) is 0 Å². The Kier molecular flexibility index (Phi) is 5.10. The van der Waals surface area contributed by atoms with Gasteiger partial charge in [-0.25, -0.2) is 9.78 Å². The van der Waals surface area contributed by atoms with Crippen LogP contribution < -0.4 is 0 Å². The van der Waals surface area contributed by atoms with Gasteiger partial charge in [0.1, 0.15) is 9.71 Å². The molecule has 0 aliphatic carbocycles. The van der Waals surface area contributed by atoms with Gasteiger partial charge in [-0.1, -0.05) is 13.8 Å². The van der Waals surface area contributed by atoms with Crippen LogP contribution >= 0.6 is 11.3 Å². The molecule has 0 aromatic carbocycles. The molecule has 17 heavy (non-hydrogen) atoms. The van der Waals surface area contributed by atoms with E-state index in [-0.39, 0.29) is 5.97 Å². The second kappa shape index (κ2) is 6.35. The van der Waals surface area contributed by atoms with E-state index < -0.39 is 0 Å². The predicted octanol–water partition coefficient (Wildman–Crippen LogP) is 3.81. The van der Waals surface area contributed by atoms with E-state index in [0.29, 0.717) is 11.5 Å². The molecule has 0 aliphatic rings. The lowest BCUT2D eigenvalue weighted by Crippen LogP contribution is -2.01. The van der Waals surface area contributed by atoms with E-state index in [2.05, 4.69) is 4.98 Å². The van der Waals surface area contributed by atoms with Gasteiger partial charge in [0.15, 0.2) is 0 Å². The van der Waals surface area contributed by atoms with Crippen molar-refractivity contribution >= 4 is 27.5 Å². The number of aryl methyl sites for hydroxylation is 1. The first kappa shape index (κ1) is 13.6. The molecule has 2 heterocycles. The first-order valence-electron chi connectivity index (χ1n) is 5.74. The van der Waals surface area contributed by atoms with Crippen molar-refractivity contribution in [2.75, 3.05) is 6.61 Å². The highest BCUT2D eigenvalue weighted by atomic mass is 32.1. The third-order valence-electron chi connectivity index (χ3n) is 1.99. The Morgan fingerprint density at radius 3 is 2.76 bits per heavy atom. The predicted molar refractivity (Wildman–Crippen MR) is 71.7 cm³/mol. The van der Waals surface area contributed by atoms with Gasteiger partial charge in [-0.3, -0.25) is 0 Å². The van der Waals surface area contributed by atoms with Crippen LogP contribution in [0.1, 0.15) is 36.0 Å². The van der Waals surface area contributed by atoms with Crippen molar-refractivity contribution in [3.05, 3.63) is 28.8 Å². The van der Waals surface area contributed by atoms with Crippen LogP contribution in [0.5, 0.6) is 0 Å². The molecule has 0 spiro atoms. The Bertz CT molecular complexity index is 505. The van der Waals surface area contributed by atoms with Crippen LogP contribution in [-0.4, -0.2) is 17.6 Å². The molecule has 0 atom stereocenters. The zero-order valence-electron chi connectivity index (χ0n) is 10.6. The summed E-state index contributed by atoms with van der Waals surface area (Å²) in [6.07, 6.45) is 1.80. The Labute approximate surface area is 105 Å². The normalized spacial score (nSPS) is 9.65. The fourth-order valence-corrected chi connectivity index (χ4v) is 2.22. The molecular weight excluding hydrogens is 234 g/mol. The number of aromatic nitrogens is 1.